The van der Waals surface area contributed by atoms with Crippen LogP contribution < -0.4 is 31.8 Å². The Balaban J connectivity index is 0.742. The molecule has 1 unspecified atom stereocenters. The standard InChI is InChI=1S/C49H57N13O6/c1-32(55-47(65)34-13-8-14-35(26-34)53-29-43-59-60-46(61(43)2)41-22-24-52-31-54-41)33-12-9-16-37(27-33)68-25-7-5-3-4-6-23-51-28-36(58-50)15-10-19-44(63)56-40-18-11-17-38-39(40)30-62(49(38)67)42-20-21-45(64)57-48(42)66/h8-9,11-14,16-18,22,24,26-28,31-32,42,53H,3-7,10,15,19-21,23,25,29-30,50H2,1-2H3,(H,55,65)(H,56,63)(H,57,64,66)/t32-,42?/m1/s1. The monoisotopic (exact) mass is 923 g/mol. The number of ether oxygens (including phenoxy) is 1. The molecule has 19 nitrogen and oxygen atoms in total. The number of hydrogen-bond donors (Lipinski definition) is 5. The lowest BCUT2D eigenvalue weighted by Gasteiger charge is -2.29. The summed E-state index contributed by atoms with van der Waals surface area (Å²) in [5.41, 5.74) is 5.14. The minimum Gasteiger partial charge on any atom is -0.494 e. The number of imide groups is 1. The summed E-state index contributed by atoms with van der Waals surface area (Å²) in [5, 5.41) is 24.1. The van der Waals surface area contributed by atoms with Gasteiger partial charge in [-0.05, 0) is 93.1 Å². The molecule has 2 atom stereocenters. The van der Waals surface area contributed by atoms with Crippen LogP contribution in [-0.2, 0) is 34.5 Å². The number of anilines is 2. The Morgan fingerprint density at radius 3 is 2.62 bits per heavy atom. The second kappa shape index (κ2) is 23.6. The van der Waals surface area contributed by atoms with E-state index in [1.54, 1.807) is 42.7 Å². The zero-order valence-corrected chi connectivity index (χ0v) is 38.3. The van der Waals surface area contributed by atoms with Gasteiger partial charge in [0.15, 0.2) is 11.6 Å². The third kappa shape index (κ3) is 12.7. The van der Waals surface area contributed by atoms with Crippen molar-refractivity contribution in [3.63, 3.8) is 0 Å². The van der Waals surface area contributed by atoms with Gasteiger partial charge in [0.1, 0.15) is 23.8 Å². The van der Waals surface area contributed by atoms with Gasteiger partial charge in [-0.2, -0.15) is 5.10 Å². The van der Waals surface area contributed by atoms with Gasteiger partial charge in [-0.3, -0.25) is 34.3 Å². The number of benzene rings is 3. The minimum atomic E-state index is -0.730. The molecule has 2 aliphatic heterocycles. The number of nitrogens with zero attached hydrogens (tertiary/aromatic N) is 8. The van der Waals surface area contributed by atoms with E-state index in [4.69, 9.17) is 10.6 Å². The molecule has 7 rings (SSSR count). The van der Waals surface area contributed by atoms with E-state index in [1.807, 2.05) is 61.0 Å². The van der Waals surface area contributed by atoms with Crippen LogP contribution in [0.3, 0.4) is 0 Å². The van der Waals surface area contributed by atoms with E-state index in [0.717, 1.165) is 49.1 Å². The Morgan fingerprint density at radius 2 is 1.79 bits per heavy atom. The summed E-state index contributed by atoms with van der Waals surface area (Å²) in [6.45, 7) is 3.76. The lowest BCUT2D eigenvalue weighted by molar-refractivity contribution is -0.137. The fourth-order valence-corrected chi connectivity index (χ4v) is 8.05. The highest BCUT2D eigenvalue weighted by molar-refractivity contribution is 6.30. The first-order valence-corrected chi connectivity index (χ1v) is 22.9. The van der Waals surface area contributed by atoms with Crippen LogP contribution >= 0.6 is 0 Å². The molecule has 3 aromatic carbocycles. The predicted molar refractivity (Wildman–Crippen MR) is 257 cm³/mol. The van der Waals surface area contributed by atoms with Crippen molar-refractivity contribution in [2.45, 2.75) is 96.3 Å². The van der Waals surface area contributed by atoms with Crippen molar-refractivity contribution in [3.8, 4) is 17.3 Å². The highest BCUT2D eigenvalue weighted by Gasteiger charge is 2.40. The van der Waals surface area contributed by atoms with E-state index >= 15 is 0 Å². The molecule has 2 aromatic heterocycles. The molecule has 0 saturated carbocycles. The Kier molecular flexibility index (Phi) is 16.7. The minimum absolute atomic E-state index is 0.169. The number of hydrogen-bond acceptors (Lipinski definition) is 14. The summed E-state index contributed by atoms with van der Waals surface area (Å²) in [6, 6.07) is 21.0. The maximum absolute atomic E-state index is 13.3. The third-order valence-corrected chi connectivity index (χ3v) is 11.9. The van der Waals surface area contributed by atoms with Crippen LogP contribution in [0.25, 0.3) is 11.5 Å². The van der Waals surface area contributed by atoms with Gasteiger partial charge < -0.3 is 36.0 Å². The quantitative estimate of drug-likeness (QED) is 0.0175. The number of carbonyl (C=O) groups excluding carboxylic acids is 5. The lowest BCUT2D eigenvalue weighted by Crippen LogP contribution is -2.52. The maximum Gasteiger partial charge on any atom is 0.255 e. The Bertz CT molecular complexity index is 2650. The average Bonchev–Trinajstić information content (AvgIpc) is 3.89. The fraction of sp³-hybridized carbons (Fsp3) is 0.367. The predicted octanol–water partition coefficient (Wildman–Crippen LogP) is 5.66. The number of carbonyl (C=O) groups is 5. The number of nitrogens with one attached hydrogen (secondary N) is 4. The number of hydrazone groups is 1. The Labute approximate surface area is 394 Å². The van der Waals surface area contributed by atoms with Crippen molar-refractivity contribution in [2.75, 3.05) is 23.8 Å². The molecule has 2 aliphatic rings. The molecule has 5 amide bonds. The number of piperidine rings is 1. The van der Waals surface area contributed by atoms with Gasteiger partial charge >= 0.3 is 0 Å². The van der Waals surface area contributed by atoms with E-state index in [0.29, 0.717) is 78.0 Å². The number of unbranched alkanes of at least 4 members (excludes halogenated alkanes) is 4. The fourth-order valence-electron chi connectivity index (χ4n) is 8.05. The first kappa shape index (κ1) is 48.1. The molecular weight excluding hydrogens is 867 g/mol. The molecule has 0 bridgehead atoms. The van der Waals surface area contributed by atoms with Crippen molar-refractivity contribution >= 4 is 52.8 Å². The average molecular weight is 924 g/mol. The molecular formula is C49H57N13O6. The third-order valence-electron chi connectivity index (χ3n) is 11.9. The highest BCUT2D eigenvalue weighted by Crippen LogP contribution is 2.32. The van der Waals surface area contributed by atoms with E-state index < -0.39 is 11.9 Å². The summed E-state index contributed by atoms with van der Waals surface area (Å²) in [5.74, 6) is 6.20. The molecule has 6 N–H and O–H groups in total. The van der Waals surface area contributed by atoms with Crippen LogP contribution in [-0.4, -0.2) is 90.3 Å². The smallest absolute Gasteiger partial charge is 0.255 e. The van der Waals surface area contributed by atoms with Crippen molar-refractivity contribution in [1.82, 2.24) is 40.3 Å². The van der Waals surface area contributed by atoms with Crippen LogP contribution in [0.5, 0.6) is 5.75 Å². The number of rotatable bonds is 23. The number of aromatic nitrogens is 5. The summed E-state index contributed by atoms with van der Waals surface area (Å²) in [4.78, 5) is 77.5. The molecule has 4 heterocycles. The summed E-state index contributed by atoms with van der Waals surface area (Å²) >= 11 is 0. The van der Waals surface area contributed by atoms with E-state index in [9.17, 15) is 24.0 Å². The summed E-state index contributed by atoms with van der Waals surface area (Å²) in [7, 11) is 1.88. The van der Waals surface area contributed by atoms with Crippen molar-refractivity contribution in [3.05, 3.63) is 113 Å². The molecule has 0 spiro atoms. The van der Waals surface area contributed by atoms with E-state index in [1.165, 1.54) is 11.2 Å². The highest BCUT2D eigenvalue weighted by atomic mass is 16.5. The van der Waals surface area contributed by atoms with Crippen LogP contribution in [0.15, 0.2) is 95.4 Å². The van der Waals surface area contributed by atoms with Gasteiger partial charge in [0.05, 0.1) is 24.9 Å². The van der Waals surface area contributed by atoms with Gasteiger partial charge in [-0.1, -0.05) is 43.5 Å². The Morgan fingerprint density at radius 1 is 0.971 bits per heavy atom. The Hall–Kier alpha value is -7.83. The lowest BCUT2D eigenvalue weighted by atomic mass is 10.0. The molecule has 0 aliphatic carbocycles. The number of fused-ring (bicyclic) bond motifs is 1. The molecule has 354 valence electrons. The van der Waals surface area contributed by atoms with Crippen LogP contribution in [0.1, 0.15) is 115 Å². The number of amides is 5. The van der Waals surface area contributed by atoms with Crippen LogP contribution in [0.2, 0.25) is 0 Å². The second-order valence-electron chi connectivity index (χ2n) is 16.7. The SMILES string of the molecule is C[C@@H](NC(=O)c1cccc(NCc2nnc(-c3ccncn3)n2C)c1)c1cccc(OCCCCCCCN=CC(CCCC(=O)Nc2cccc3c2CN(C2CCC(=O)NC2=O)C3=O)=NN)c1. The molecule has 5 aromatic rings. The molecule has 0 radical (unpaired) electrons. The molecule has 68 heavy (non-hydrogen) atoms. The van der Waals surface area contributed by atoms with Crippen molar-refractivity contribution in [1.29, 1.82) is 0 Å². The topological polar surface area (TPSA) is 253 Å². The number of aliphatic imine (C=N–C) groups is 1. The van der Waals surface area contributed by atoms with E-state index in [2.05, 4.69) is 51.5 Å². The van der Waals surface area contributed by atoms with Gasteiger partial charge in [0.25, 0.3) is 11.8 Å². The van der Waals surface area contributed by atoms with E-state index in [-0.39, 0.29) is 55.5 Å². The number of nitrogens with two attached hydrogens (primary N) is 1. The zero-order chi connectivity index (χ0) is 47.8. The molecule has 1 saturated heterocycles. The van der Waals surface area contributed by atoms with Crippen LogP contribution in [0, 0.1) is 0 Å². The van der Waals surface area contributed by atoms with Crippen LogP contribution in [0.4, 0.5) is 11.4 Å². The maximum atomic E-state index is 13.3. The first-order valence-electron chi connectivity index (χ1n) is 22.9. The summed E-state index contributed by atoms with van der Waals surface area (Å²) < 4.78 is 7.94. The van der Waals surface area contributed by atoms with Gasteiger partial charge in [-0.15, -0.1) is 10.2 Å². The van der Waals surface area contributed by atoms with Crippen molar-refractivity contribution in [2.24, 2.45) is 23.0 Å². The van der Waals surface area contributed by atoms with Gasteiger partial charge in [-0.25, -0.2) is 9.97 Å². The van der Waals surface area contributed by atoms with Gasteiger partial charge in [0, 0.05) is 73.5 Å². The zero-order valence-electron chi connectivity index (χ0n) is 38.3. The molecule has 19 heteroatoms. The first-order chi connectivity index (χ1) is 33.1. The molecule has 1 fully saturated rings. The van der Waals surface area contributed by atoms with Gasteiger partial charge in [0.2, 0.25) is 17.7 Å². The van der Waals surface area contributed by atoms with Crippen molar-refractivity contribution < 1.29 is 28.7 Å². The second-order valence-corrected chi connectivity index (χ2v) is 16.7. The normalized spacial score (nSPS) is 15.3. The summed E-state index contributed by atoms with van der Waals surface area (Å²) in [6.07, 6.45) is 11.3. The largest absolute Gasteiger partial charge is 0.494 e.